The van der Waals surface area contributed by atoms with Gasteiger partial charge in [-0.2, -0.15) is 0 Å². The van der Waals surface area contributed by atoms with Gasteiger partial charge in [-0.25, -0.2) is 0 Å². The summed E-state index contributed by atoms with van der Waals surface area (Å²) in [6.45, 7) is 0. The van der Waals surface area contributed by atoms with Gasteiger partial charge in [-0.05, 0) is 113 Å². The lowest BCUT2D eigenvalue weighted by Gasteiger charge is -2.30. The molecule has 1 nitrogen and oxygen atoms in total. The van der Waals surface area contributed by atoms with Gasteiger partial charge in [0.2, 0.25) is 0 Å². The molecule has 0 bridgehead atoms. The van der Waals surface area contributed by atoms with Crippen molar-refractivity contribution < 1.29 is 0 Å². The standard InChI is InChI=1S/C51H33N/c1-2-14-37-33(12-1)13-11-20-40(37)42-31-30-38(39-15-3-4-16-41(39)42)34-24-26-35(27-25-34)52-36-28-29-46-45-19-7-10-23-49(45)51(50(46)32-36)47-21-8-5-17-43(47)44-18-6-9-22-48(44)51/h1-32,52H. The van der Waals surface area contributed by atoms with Crippen molar-refractivity contribution in [1.29, 1.82) is 0 Å². The molecule has 1 N–H and O–H groups in total. The summed E-state index contributed by atoms with van der Waals surface area (Å²) in [7, 11) is 0. The topological polar surface area (TPSA) is 12.0 Å². The first-order chi connectivity index (χ1) is 25.8. The van der Waals surface area contributed by atoms with Crippen LogP contribution in [0.4, 0.5) is 11.4 Å². The zero-order valence-electron chi connectivity index (χ0n) is 28.5. The average Bonchev–Trinajstić information content (AvgIpc) is 3.68. The Kier molecular flexibility index (Phi) is 6.23. The molecule has 242 valence electrons. The minimum Gasteiger partial charge on any atom is -0.356 e. The summed E-state index contributed by atoms with van der Waals surface area (Å²) in [5, 5.41) is 8.84. The van der Waals surface area contributed by atoms with Crippen LogP contribution >= 0.6 is 0 Å². The molecule has 2 aliphatic carbocycles. The van der Waals surface area contributed by atoms with Crippen LogP contribution in [-0.4, -0.2) is 0 Å². The lowest BCUT2D eigenvalue weighted by atomic mass is 9.70. The smallest absolute Gasteiger partial charge is 0.0726 e. The Hall–Kier alpha value is -6.70. The fourth-order valence-electron chi connectivity index (χ4n) is 9.32. The Balaban J connectivity index is 0.977. The minimum absolute atomic E-state index is 0.347. The second kappa shape index (κ2) is 11.2. The van der Waals surface area contributed by atoms with Gasteiger partial charge in [0.1, 0.15) is 0 Å². The third-order valence-corrected chi connectivity index (χ3v) is 11.5. The molecule has 11 rings (SSSR count). The first kappa shape index (κ1) is 29.1. The lowest BCUT2D eigenvalue weighted by molar-refractivity contribution is 0.794. The van der Waals surface area contributed by atoms with Gasteiger partial charge >= 0.3 is 0 Å². The van der Waals surface area contributed by atoms with Crippen molar-refractivity contribution in [2.75, 3.05) is 5.32 Å². The van der Waals surface area contributed by atoms with Crippen molar-refractivity contribution in [3.05, 3.63) is 216 Å². The zero-order chi connectivity index (χ0) is 34.2. The van der Waals surface area contributed by atoms with Gasteiger partial charge in [0.25, 0.3) is 0 Å². The molecule has 0 atom stereocenters. The van der Waals surface area contributed by atoms with E-state index in [-0.39, 0.29) is 5.41 Å². The molecular weight excluding hydrogens is 627 g/mol. The number of nitrogens with one attached hydrogen (secondary N) is 1. The van der Waals surface area contributed by atoms with Crippen LogP contribution < -0.4 is 5.32 Å². The molecule has 0 saturated heterocycles. The second-order valence-electron chi connectivity index (χ2n) is 14.1. The summed E-state index contributed by atoms with van der Waals surface area (Å²) >= 11 is 0. The third kappa shape index (κ3) is 4.05. The maximum atomic E-state index is 3.78. The van der Waals surface area contributed by atoms with E-state index in [0.29, 0.717) is 0 Å². The Morgan fingerprint density at radius 3 is 1.40 bits per heavy atom. The van der Waals surface area contributed by atoms with Gasteiger partial charge in [-0.15, -0.1) is 0 Å². The molecule has 0 aliphatic heterocycles. The summed E-state index contributed by atoms with van der Waals surface area (Å²) in [4.78, 5) is 0. The maximum absolute atomic E-state index is 3.78. The summed E-state index contributed by atoms with van der Waals surface area (Å²) < 4.78 is 0. The van der Waals surface area contributed by atoms with Crippen molar-refractivity contribution in [2.24, 2.45) is 0 Å². The van der Waals surface area contributed by atoms with Gasteiger partial charge in [-0.1, -0.05) is 170 Å². The molecule has 9 aromatic carbocycles. The van der Waals surface area contributed by atoms with Gasteiger partial charge in [0.15, 0.2) is 0 Å². The van der Waals surface area contributed by atoms with Crippen LogP contribution in [0, 0.1) is 0 Å². The summed E-state index contributed by atoms with van der Waals surface area (Å²) in [6.07, 6.45) is 0. The van der Waals surface area contributed by atoms with E-state index in [2.05, 4.69) is 199 Å². The number of fused-ring (bicyclic) bond motifs is 12. The minimum atomic E-state index is -0.347. The van der Waals surface area contributed by atoms with E-state index in [9.17, 15) is 0 Å². The van der Waals surface area contributed by atoms with Crippen LogP contribution in [0.5, 0.6) is 0 Å². The number of benzene rings is 9. The molecule has 2 aliphatic rings. The van der Waals surface area contributed by atoms with Crippen LogP contribution in [0.1, 0.15) is 22.3 Å². The van der Waals surface area contributed by atoms with Crippen molar-refractivity contribution >= 4 is 32.9 Å². The van der Waals surface area contributed by atoms with Crippen LogP contribution in [0.25, 0.3) is 66.1 Å². The van der Waals surface area contributed by atoms with Crippen molar-refractivity contribution in [3.63, 3.8) is 0 Å². The van der Waals surface area contributed by atoms with Crippen molar-refractivity contribution in [2.45, 2.75) is 5.41 Å². The fraction of sp³-hybridized carbons (Fsp3) is 0.0196. The zero-order valence-corrected chi connectivity index (χ0v) is 28.5. The highest BCUT2D eigenvalue weighted by Gasteiger charge is 2.51. The van der Waals surface area contributed by atoms with Gasteiger partial charge in [0, 0.05) is 11.4 Å². The third-order valence-electron chi connectivity index (χ3n) is 11.5. The highest BCUT2D eigenvalue weighted by molar-refractivity contribution is 6.09. The monoisotopic (exact) mass is 659 g/mol. The van der Waals surface area contributed by atoms with Crippen LogP contribution in [-0.2, 0) is 5.41 Å². The highest BCUT2D eigenvalue weighted by atomic mass is 14.9. The van der Waals surface area contributed by atoms with E-state index in [4.69, 9.17) is 0 Å². The fourth-order valence-corrected chi connectivity index (χ4v) is 9.32. The predicted octanol–water partition coefficient (Wildman–Crippen LogP) is 13.4. The van der Waals surface area contributed by atoms with Crippen LogP contribution in [0.15, 0.2) is 194 Å². The molecule has 1 spiro atoms. The van der Waals surface area contributed by atoms with Crippen LogP contribution in [0.2, 0.25) is 0 Å². The number of rotatable bonds is 4. The number of anilines is 2. The number of hydrogen-bond acceptors (Lipinski definition) is 1. The van der Waals surface area contributed by atoms with E-state index in [1.807, 2.05) is 0 Å². The Morgan fingerprint density at radius 2 is 0.731 bits per heavy atom. The first-order valence-electron chi connectivity index (χ1n) is 18.1. The summed E-state index contributed by atoms with van der Waals surface area (Å²) in [5.41, 5.74) is 17.5. The molecule has 0 fully saturated rings. The van der Waals surface area contributed by atoms with Crippen molar-refractivity contribution in [3.8, 4) is 44.5 Å². The van der Waals surface area contributed by atoms with Crippen molar-refractivity contribution in [1.82, 2.24) is 0 Å². The maximum Gasteiger partial charge on any atom is 0.0726 e. The molecule has 0 saturated carbocycles. The highest BCUT2D eigenvalue weighted by Crippen LogP contribution is 2.63. The largest absolute Gasteiger partial charge is 0.356 e. The van der Waals surface area contributed by atoms with E-state index < -0.39 is 0 Å². The van der Waals surface area contributed by atoms with Gasteiger partial charge in [0.05, 0.1) is 5.41 Å². The molecule has 0 unspecified atom stereocenters. The SMILES string of the molecule is c1ccc2c(c1)-c1ccccc1C21c2ccccc2-c2ccc(Nc3ccc(-c4ccc(-c5cccc6ccccc56)c5ccccc45)cc3)cc21. The second-order valence-corrected chi connectivity index (χ2v) is 14.1. The number of hydrogen-bond donors (Lipinski definition) is 1. The molecule has 0 radical (unpaired) electrons. The van der Waals surface area contributed by atoms with E-state index in [1.165, 1.54) is 88.3 Å². The summed E-state index contributed by atoms with van der Waals surface area (Å²) in [5.74, 6) is 0. The Bertz CT molecular complexity index is 2810. The first-order valence-corrected chi connectivity index (χ1v) is 18.1. The van der Waals surface area contributed by atoms with E-state index in [0.717, 1.165) is 11.4 Å². The lowest BCUT2D eigenvalue weighted by Crippen LogP contribution is -2.25. The molecule has 9 aromatic rings. The average molecular weight is 660 g/mol. The van der Waals surface area contributed by atoms with E-state index in [1.54, 1.807) is 0 Å². The molecular formula is C51H33N. The molecule has 0 heterocycles. The quantitative estimate of drug-likeness (QED) is 0.198. The molecule has 0 amide bonds. The summed E-state index contributed by atoms with van der Waals surface area (Å²) in [6, 6.07) is 71.4. The molecule has 0 aromatic heterocycles. The Morgan fingerprint density at radius 1 is 0.288 bits per heavy atom. The Labute approximate surface area is 303 Å². The van der Waals surface area contributed by atoms with E-state index >= 15 is 0 Å². The molecule has 52 heavy (non-hydrogen) atoms. The normalized spacial score (nSPS) is 13.2. The van der Waals surface area contributed by atoms with Gasteiger partial charge < -0.3 is 5.32 Å². The van der Waals surface area contributed by atoms with Crippen LogP contribution in [0.3, 0.4) is 0 Å². The van der Waals surface area contributed by atoms with Gasteiger partial charge in [-0.3, -0.25) is 0 Å². The molecule has 1 heteroatoms. The predicted molar refractivity (Wildman–Crippen MR) is 218 cm³/mol.